The van der Waals surface area contributed by atoms with Crippen LogP contribution in [0.5, 0.6) is 0 Å². The number of allylic oxidation sites excluding steroid dienone is 2. The number of H-pyrrole nitrogens is 1. The molecule has 1 aromatic carbocycles. The van der Waals surface area contributed by atoms with Gasteiger partial charge in [0, 0.05) is 34.4 Å². The van der Waals surface area contributed by atoms with Crippen molar-refractivity contribution in [3.63, 3.8) is 0 Å². The Morgan fingerprint density at radius 3 is 2.64 bits per heavy atom. The number of benzene rings is 1. The van der Waals surface area contributed by atoms with Crippen molar-refractivity contribution in [2.45, 2.75) is 38.0 Å². The SMILES string of the molecule is CCC1C2=C(CC(c3cccs3)CC2=O)Nc2[nH]n(-c3ccccc3)c(=O)c21. The average Bonchev–Trinajstić information content (AvgIpc) is 3.36. The second-order valence-electron chi connectivity index (χ2n) is 7.40. The standard InChI is InChI=1S/C22H21N3O2S/c1-2-15-19-16(11-13(12-17(19)26)18-9-6-10-28-18)23-21-20(15)22(27)25(24-21)14-7-4-3-5-8-14/h3-10,13,15,23-24H,2,11-12H2,1H3. The van der Waals surface area contributed by atoms with E-state index < -0.39 is 0 Å². The van der Waals surface area contributed by atoms with E-state index in [-0.39, 0.29) is 23.2 Å². The van der Waals surface area contributed by atoms with E-state index in [0.29, 0.717) is 12.0 Å². The molecule has 3 aromatic rings. The number of ketones is 1. The van der Waals surface area contributed by atoms with Gasteiger partial charge in [-0.05, 0) is 36.4 Å². The highest BCUT2D eigenvalue weighted by atomic mass is 32.1. The number of hydrogen-bond acceptors (Lipinski definition) is 4. The molecule has 5 rings (SSSR count). The van der Waals surface area contributed by atoms with E-state index in [1.807, 2.05) is 43.3 Å². The molecule has 0 saturated heterocycles. The van der Waals surface area contributed by atoms with Crippen molar-refractivity contribution in [1.82, 2.24) is 9.78 Å². The molecule has 0 amide bonds. The van der Waals surface area contributed by atoms with Gasteiger partial charge in [-0.15, -0.1) is 11.3 Å². The van der Waals surface area contributed by atoms with Crippen LogP contribution < -0.4 is 10.9 Å². The van der Waals surface area contributed by atoms with Crippen LogP contribution in [-0.4, -0.2) is 15.6 Å². The van der Waals surface area contributed by atoms with Gasteiger partial charge in [0.05, 0.1) is 11.3 Å². The summed E-state index contributed by atoms with van der Waals surface area (Å²) >= 11 is 1.70. The fraction of sp³-hybridized carbons (Fsp3) is 0.273. The number of rotatable bonds is 3. The van der Waals surface area contributed by atoms with E-state index in [4.69, 9.17) is 0 Å². The molecular weight excluding hydrogens is 370 g/mol. The fourth-order valence-electron chi connectivity index (χ4n) is 4.51. The number of nitrogens with one attached hydrogen (secondary N) is 2. The smallest absolute Gasteiger partial charge is 0.277 e. The predicted molar refractivity (Wildman–Crippen MR) is 111 cm³/mol. The Kier molecular flexibility index (Phi) is 4.09. The molecule has 28 heavy (non-hydrogen) atoms. The van der Waals surface area contributed by atoms with Gasteiger partial charge in [-0.3, -0.25) is 14.7 Å². The molecule has 5 nitrogen and oxygen atoms in total. The van der Waals surface area contributed by atoms with Crippen LogP contribution in [0.3, 0.4) is 0 Å². The van der Waals surface area contributed by atoms with Crippen molar-refractivity contribution in [2.24, 2.45) is 0 Å². The molecule has 2 aromatic heterocycles. The van der Waals surface area contributed by atoms with E-state index in [1.54, 1.807) is 16.0 Å². The number of thiophene rings is 1. The number of fused-ring (bicyclic) bond motifs is 1. The summed E-state index contributed by atoms with van der Waals surface area (Å²) in [6, 6.07) is 13.7. The molecule has 3 heterocycles. The molecule has 2 aliphatic rings. The summed E-state index contributed by atoms with van der Waals surface area (Å²) in [4.78, 5) is 27.5. The number of nitrogens with zero attached hydrogens (tertiary/aromatic N) is 1. The minimum atomic E-state index is -0.156. The molecule has 142 valence electrons. The summed E-state index contributed by atoms with van der Waals surface area (Å²) in [7, 11) is 0. The maximum atomic E-state index is 13.2. The number of Topliss-reactive ketones (excluding diaryl/α,β-unsaturated/α-hetero) is 1. The molecule has 0 bridgehead atoms. The van der Waals surface area contributed by atoms with Gasteiger partial charge in [0.15, 0.2) is 5.78 Å². The predicted octanol–water partition coefficient (Wildman–Crippen LogP) is 4.55. The number of aromatic amines is 1. The zero-order valence-corrected chi connectivity index (χ0v) is 16.4. The quantitative estimate of drug-likeness (QED) is 0.688. The third-order valence-electron chi connectivity index (χ3n) is 5.78. The lowest BCUT2D eigenvalue weighted by molar-refractivity contribution is -0.116. The van der Waals surface area contributed by atoms with Crippen molar-refractivity contribution in [1.29, 1.82) is 0 Å². The molecule has 1 aliphatic heterocycles. The Bertz CT molecular complexity index is 1120. The highest BCUT2D eigenvalue weighted by molar-refractivity contribution is 7.10. The van der Waals surface area contributed by atoms with Gasteiger partial charge in [0.25, 0.3) is 5.56 Å². The van der Waals surface area contributed by atoms with Crippen LogP contribution in [0.4, 0.5) is 5.82 Å². The molecule has 2 N–H and O–H groups in total. The molecule has 6 heteroatoms. The lowest BCUT2D eigenvalue weighted by atomic mass is 9.75. The van der Waals surface area contributed by atoms with E-state index in [2.05, 4.69) is 21.9 Å². The maximum absolute atomic E-state index is 13.2. The molecule has 2 unspecified atom stereocenters. The Labute approximate surface area is 166 Å². The normalized spacial score (nSPS) is 21.2. The molecular formula is C22H21N3O2S. The molecule has 0 radical (unpaired) electrons. The summed E-state index contributed by atoms with van der Waals surface area (Å²) < 4.78 is 1.57. The van der Waals surface area contributed by atoms with Gasteiger partial charge in [-0.25, -0.2) is 4.68 Å². The minimum absolute atomic E-state index is 0.0831. The second kappa shape index (κ2) is 6.63. The monoisotopic (exact) mass is 391 g/mol. The lowest BCUT2D eigenvalue weighted by Gasteiger charge is -2.33. The van der Waals surface area contributed by atoms with Crippen molar-refractivity contribution in [3.8, 4) is 5.69 Å². The first-order chi connectivity index (χ1) is 13.7. The number of carbonyl (C=O) groups excluding carboxylic acids is 1. The first-order valence-corrected chi connectivity index (χ1v) is 10.5. The zero-order chi connectivity index (χ0) is 19.3. The van der Waals surface area contributed by atoms with Gasteiger partial charge < -0.3 is 5.32 Å². The highest BCUT2D eigenvalue weighted by Crippen LogP contribution is 2.45. The largest absolute Gasteiger partial charge is 0.343 e. The molecule has 0 saturated carbocycles. The van der Waals surface area contributed by atoms with E-state index in [1.165, 1.54) is 4.88 Å². The van der Waals surface area contributed by atoms with Crippen LogP contribution in [-0.2, 0) is 4.79 Å². The third-order valence-corrected chi connectivity index (χ3v) is 6.81. The van der Waals surface area contributed by atoms with Crippen LogP contribution in [0.2, 0.25) is 0 Å². The molecule has 2 atom stereocenters. The van der Waals surface area contributed by atoms with Crippen molar-refractivity contribution >= 4 is 22.9 Å². The summed E-state index contributed by atoms with van der Waals surface area (Å²) in [5, 5.41) is 8.69. The summed E-state index contributed by atoms with van der Waals surface area (Å²) in [6.45, 7) is 2.04. The topological polar surface area (TPSA) is 66.9 Å². The summed E-state index contributed by atoms with van der Waals surface area (Å²) in [5.74, 6) is 0.938. The molecule has 1 aliphatic carbocycles. The fourth-order valence-corrected chi connectivity index (χ4v) is 5.34. The van der Waals surface area contributed by atoms with E-state index >= 15 is 0 Å². The van der Waals surface area contributed by atoms with Gasteiger partial charge >= 0.3 is 0 Å². The third kappa shape index (κ3) is 2.59. The van der Waals surface area contributed by atoms with Crippen LogP contribution in [0.1, 0.15) is 48.5 Å². The Hall–Kier alpha value is -2.86. The number of anilines is 1. The first-order valence-electron chi connectivity index (χ1n) is 9.64. The summed E-state index contributed by atoms with van der Waals surface area (Å²) in [5.41, 5.74) is 3.15. The van der Waals surface area contributed by atoms with Gasteiger partial charge in [-0.2, -0.15) is 0 Å². The maximum Gasteiger partial charge on any atom is 0.277 e. The molecule has 0 spiro atoms. The minimum Gasteiger partial charge on any atom is -0.343 e. The van der Waals surface area contributed by atoms with Gasteiger partial charge in [0.2, 0.25) is 0 Å². The van der Waals surface area contributed by atoms with Crippen LogP contribution in [0.25, 0.3) is 5.69 Å². The van der Waals surface area contributed by atoms with Crippen molar-refractivity contribution in [3.05, 3.63) is 79.9 Å². The lowest BCUT2D eigenvalue weighted by Crippen LogP contribution is -2.31. The Balaban J connectivity index is 1.59. The number of hydrogen-bond donors (Lipinski definition) is 2. The number of carbonyl (C=O) groups is 1. The second-order valence-corrected chi connectivity index (χ2v) is 8.38. The van der Waals surface area contributed by atoms with Gasteiger partial charge in [0.1, 0.15) is 5.82 Å². The average molecular weight is 391 g/mol. The van der Waals surface area contributed by atoms with Crippen LogP contribution >= 0.6 is 11.3 Å². The van der Waals surface area contributed by atoms with Crippen molar-refractivity contribution < 1.29 is 4.79 Å². The van der Waals surface area contributed by atoms with Crippen molar-refractivity contribution in [2.75, 3.05) is 5.32 Å². The first kappa shape index (κ1) is 17.3. The van der Waals surface area contributed by atoms with Crippen LogP contribution in [0, 0.1) is 0 Å². The van der Waals surface area contributed by atoms with E-state index in [9.17, 15) is 9.59 Å². The summed E-state index contributed by atoms with van der Waals surface area (Å²) in [6.07, 6.45) is 2.05. The Morgan fingerprint density at radius 1 is 1.11 bits per heavy atom. The molecule has 0 fully saturated rings. The Morgan fingerprint density at radius 2 is 1.93 bits per heavy atom. The highest BCUT2D eigenvalue weighted by Gasteiger charge is 2.39. The van der Waals surface area contributed by atoms with E-state index in [0.717, 1.165) is 35.6 Å². The number of aromatic nitrogens is 2. The zero-order valence-electron chi connectivity index (χ0n) is 15.6. The van der Waals surface area contributed by atoms with Gasteiger partial charge in [-0.1, -0.05) is 31.2 Å². The number of para-hydroxylation sites is 1. The van der Waals surface area contributed by atoms with Crippen LogP contribution in [0.15, 0.2) is 63.9 Å².